The number of carbonyl (C=O) groups is 4. The van der Waals surface area contributed by atoms with Crippen molar-refractivity contribution in [2.24, 2.45) is 17.8 Å². The van der Waals surface area contributed by atoms with Gasteiger partial charge in [0, 0.05) is 26.7 Å². The normalized spacial score (nSPS) is 18.1. The third kappa shape index (κ3) is 9.37. The molecule has 0 radical (unpaired) electrons. The van der Waals surface area contributed by atoms with Crippen LogP contribution in [0.2, 0.25) is 0 Å². The zero-order valence-corrected chi connectivity index (χ0v) is 34.9. The third-order valence-electron chi connectivity index (χ3n) is 11.2. The topological polar surface area (TPSA) is 177 Å². The molecule has 2 aliphatic heterocycles. The first-order chi connectivity index (χ1) is 27.5. The molecule has 2 saturated heterocycles. The number of ether oxygens (including phenoxy) is 1. The van der Waals surface area contributed by atoms with E-state index in [-0.39, 0.29) is 42.3 Å². The van der Waals surface area contributed by atoms with Gasteiger partial charge in [0.05, 0.1) is 41.8 Å². The predicted molar refractivity (Wildman–Crippen MR) is 221 cm³/mol. The summed E-state index contributed by atoms with van der Waals surface area (Å²) in [7, 11) is 1.63. The first kappa shape index (κ1) is 42.0. The second kappa shape index (κ2) is 17.5. The van der Waals surface area contributed by atoms with E-state index in [1.54, 1.807) is 13.2 Å². The van der Waals surface area contributed by atoms with Crippen molar-refractivity contribution >= 4 is 24.0 Å². The van der Waals surface area contributed by atoms with Crippen LogP contribution in [0.25, 0.3) is 33.6 Å². The molecule has 310 valence electrons. The number of aromatic nitrogens is 4. The summed E-state index contributed by atoms with van der Waals surface area (Å²) in [6.07, 6.45) is 5.23. The molecule has 4 atom stereocenters. The molecule has 4 heterocycles. The Kier molecular flexibility index (Phi) is 12.6. The zero-order chi connectivity index (χ0) is 41.9. The number of H-pyrrole nitrogens is 2. The van der Waals surface area contributed by atoms with Crippen LogP contribution in [-0.4, -0.2) is 102 Å². The lowest BCUT2D eigenvalue weighted by Gasteiger charge is -2.35. The lowest BCUT2D eigenvalue weighted by atomic mass is 9.94. The molecule has 0 spiro atoms. The van der Waals surface area contributed by atoms with Gasteiger partial charge in [-0.15, -0.1) is 0 Å². The maximum atomic E-state index is 14.0. The Bertz CT molecular complexity index is 2070. The number of imidazole rings is 2. The molecule has 2 fully saturated rings. The minimum Gasteiger partial charge on any atom is -0.465 e. The van der Waals surface area contributed by atoms with E-state index in [0.29, 0.717) is 13.1 Å². The highest BCUT2D eigenvalue weighted by molar-refractivity contribution is 5.86. The van der Waals surface area contributed by atoms with Crippen LogP contribution in [0.1, 0.15) is 97.9 Å². The summed E-state index contributed by atoms with van der Waals surface area (Å²) in [5, 5.41) is 11.5. The first-order valence-electron chi connectivity index (χ1n) is 20.4. The number of nitrogens with zero attached hydrogens (tertiary/aromatic N) is 5. The van der Waals surface area contributed by atoms with Gasteiger partial charge in [-0.3, -0.25) is 14.5 Å². The number of amides is 4. The molecule has 14 heteroatoms. The molecule has 0 saturated carbocycles. The van der Waals surface area contributed by atoms with E-state index in [1.807, 2.05) is 64.5 Å². The van der Waals surface area contributed by atoms with E-state index >= 15 is 0 Å². The van der Waals surface area contributed by atoms with Crippen LogP contribution in [0.4, 0.5) is 9.59 Å². The highest BCUT2D eigenvalue weighted by atomic mass is 16.6. The SMILES string of the molecule is CC(C)[C@@H](C(=O)N1CCC[C@H]1c1ncc(-c2ccc(-c3ccc(-c4cnc([C@@H]5CCCN5C(=O)[C@H](CNC(=O)O)C(C)C)[nH]4)cc3)cc2)[nH]1)N(C)C(=O)OC(C)(C)C. The van der Waals surface area contributed by atoms with E-state index in [4.69, 9.17) is 14.8 Å². The van der Waals surface area contributed by atoms with Crippen molar-refractivity contribution in [1.82, 2.24) is 40.0 Å². The molecule has 0 bridgehead atoms. The summed E-state index contributed by atoms with van der Waals surface area (Å²) in [5.74, 6) is 0.718. The Morgan fingerprint density at radius 1 is 0.776 bits per heavy atom. The van der Waals surface area contributed by atoms with Crippen LogP contribution >= 0.6 is 0 Å². The Morgan fingerprint density at radius 3 is 1.64 bits per heavy atom. The Hall–Kier alpha value is -5.66. The van der Waals surface area contributed by atoms with Crippen molar-refractivity contribution < 1.29 is 29.0 Å². The number of hydrogen-bond donors (Lipinski definition) is 4. The second-order valence-corrected chi connectivity index (χ2v) is 17.2. The Morgan fingerprint density at radius 2 is 1.22 bits per heavy atom. The fourth-order valence-electron chi connectivity index (χ4n) is 8.15. The fraction of sp³-hybridized carbons (Fsp3) is 0.500. The highest BCUT2D eigenvalue weighted by Crippen LogP contribution is 2.36. The van der Waals surface area contributed by atoms with Crippen LogP contribution in [0, 0.1) is 17.8 Å². The molecule has 0 aliphatic carbocycles. The minimum absolute atomic E-state index is 0.0153. The maximum absolute atomic E-state index is 14.0. The molecule has 2 aromatic carbocycles. The van der Waals surface area contributed by atoms with Gasteiger partial charge < -0.3 is 34.9 Å². The summed E-state index contributed by atoms with van der Waals surface area (Å²) < 4.78 is 5.59. The molecule has 4 N–H and O–H groups in total. The first-order valence-corrected chi connectivity index (χ1v) is 20.4. The Balaban J connectivity index is 1.10. The number of rotatable bonds is 12. The van der Waals surface area contributed by atoms with Crippen LogP contribution in [0.15, 0.2) is 60.9 Å². The average molecular weight is 795 g/mol. The summed E-state index contributed by atoms with van der Waals surface area (Å²) in [6, 6.07) is 15.4. The minimum atomic E-state index is -1.13. The number of likely N-dealkylation sites (tertiary alicyclic amines) is 2. The van der Waals surface area contributed by atoms with Gasteiger partial charge in [-0.1, -0.05) is 76.2 Å². The predicted octanol–water partition coefficient (Wildman–Crippen LogP) is 7.89. The van der Waals surface area contributed by atoms with Crippen molar-refractivity contribution in [3.63, 3.8) is 0 Å². The molecular formula is C44H58N8O6. The lowest BCUT2D eigenvalue weighted by Crippen LogP contribution is -2.52. The van der Waals surface area contributed by atoms with E-state index in [2.05, 4.69) is 68.8 Å². The summed E-state index contributed by atoms with van der Waals surface area (Å²) in [6.45, 7) is 14.5. The number of carboxylic acid groups (broad SMARTS) is 1. The maximum Gasteiger partial charge on any atom is 0.410 e. The monoisotopic (exact) mass is 794 g/mol. The molecule has 2 aromatic heterocycles. The van der Waals surface area contributed by atoms with Crippen molar-refractivity contribution in [1.29, 1.82) is 0 Å². The van der Waals surface area contributed by atoms with Gasteiger partial charge in [0.1, 0.15) is 23.3 Å². The number of benzene rings is 2. The summed E-state index contributed by atoms with van der Waals surface area (Å²) in [4.78, 5) is 73.1. The van der Waals surface area contributed by atoms with Crippen molar-refractivity contribution in [2.75, 3.05) is 26.7 Å². The summed E-state index contributed by atoms with van der Waals surface area (Å²) >= 11 is 0. The van der Waals surface area contributed by atoms with E-state index < -0.39 is 29.7 Å². The number of aromatic amines is 2. The van der Waals surface area contributed by atoms with Crippen molar-refractivity contribution in [3.8, 4) is 33.6 Å². The highest BCUT2D eigenvalue weighted by Gasteiger charge is 2.41. The Labute approximate surface area is 340 Å². The fourth-order valence-corrected chi connectivity index (χ4v) is 8.15. The van der Waals surface area contributed by atoms with E-state index in [1.165, 1.54) is 4.90 Å². The van der Waals surface area contributed by atoms with Crippen LogP contribution in [0.5, 0.6) is 0 Å². The standard InChI is InChI=1S/C44H58N8O6/c1-26(2)32(23-47-42(55)56)40(53)51-21-9-11-35(51)38-45-24-33(48-38)30-17-13-28(14-18-30)29-15-19-31(20-16-29)34-25-46-39(49-34)36-12-10-22-52(36)41(54)37(27(3)4)50(8)43(57)58-44(5,6)7/h13-20,24-27,32,35-37,47H,9-12,21-23H2,1-8H3,(H,45,48)(H,46,49)(H,55,56)/t32-,35+,36+,37+/m1/s1. The largest absolute Gasteiger partial charge is 0.465 e. The summed E-state index contributed by atoms with van der Waals surface area (Å²) in [5.41, 5.74) is 5.11. The molecular weight excluding hydrogens is 737 g/mol. The van der Waals surface area contributed by atoms with Crippen molar-refractivity contribution in [2.45, 2.75) is 97.9 Å². The van der Waals surface area contributed by atoms with Crippen LogP contribution < -0.4 is 5.32 Å². The number of nitrogens with one attached hydrogen (secondary N) is 3. The van der Waals surface area contributed by atoms with Gasteiger partial charge in [0.25, 0.3) is 0 Å². The zero-order valence-electron chi connectivity index (χ0n) is 34.9. The van der Waals surface area contributed by atoms with Gasteiger partial charge in [-0.2, -0.15) is 0 Å². The molecule has 0 unspecified atom stereocenters. The van der Waals surface area contributed by atoms with E-state index in [9.17, 15) is 19.2 Å². The van der Waals surface area contributed by atoms with Gasteiger partial charge in [-0.25, -0.2) is 19.6 Å². The molecule has 2 aliphatic rings. The molecule has 58 heavy (non-hydrogen) atoms. The van der Waals surface area contributed by atoms with Gasteiger partial charge in [-0.05, 0) is 80.5 Å². The quantitative estimate of drug-likeness (QED) is 0.112. The smallest absolute Gasteiger partial charge is 0.410 e. The third-order valence-corrected chi connectivity index (χ3v) is 11.2. The van der Waals surface area contributed by atoms with Gasteiger partial charge in [0.2, 0.25) is 11.8 Å². The number of carbonyl (C=O) groups excluding carboxylic acids is 3. The van der Waals surface area contributed by atoms with E-state index in [0.717, 1.165) is 71.0 Å². The molecule has 14 nitrogen and oxygen atoms in total. The van der Waals surface area contributed by atoms with Gasteiger partial charge in [0.15, 0.2) is 0 Å². The number of hydrogen-bond acceptors (Lipinski definition) is 7. The average Bonchev–Trinajstić information content (AvgIpc) is 4.01. The second-order valence-electron chi connectivity index (χ2n) is 17.2. The molecule has 4 amide bonds. The van der Waals surface area contributed by atoms with Gasteiger partial charge >= 0.3 is 12.2 Å². The van der Waals surface area contributed by atoms with Crippen molar-refractivity contribution in [3.05, 3.63) is 72.6 Å². The van der Waals surface area contributed by atoms with Crippen LogP contribution in [0.3, 0.4) is 0 Å². The molecule has 6 rings (SSSR count). The number of likely N-dealkylation sites (N-methyl/N-ethyl adjacent to an activating group) is 1. The molecule has 4 aromatic rings. The van der Waals surface area contributed by atoms with Crippen LogP contribution in [-0.2, 0) is 14.3 Å². The lowest BCUT2D eigenvalue weighted by molar-refractivity contribution is -0.139.